The third kappa shape index (κ3) is 3.53. The van der Waals surface area contributed by atoms with Gasteiger partial charge in [0.1, 0.15) is 11.6 Å². The molecule has 1 aliphatic carbocycles. The van der Waals surface area contributed by atoms with E-state index in [1.165, 1.54) is 30.0 Å². The molecule has 20 heavy (non-hydrogen) atoms. The summed E-state index contributed by atoms with van der Waals surface area (Å²) in [4.78, 5) is 0.427. The lowest BCUT2D eigenvalue weighted by Crippen LogP contribution is -2.43. The van der Waals surface area contributed by atoms with Gasteiger partial charge in [0.05, 0.1) is 0 Å². The van der Waals surface area contributed by atoms with Gasteiger partial charge in [-0.3, -0.25) is 0 Å². The van der Waals surface area contributed by atoms with Gasteiger partial charge in [-0.15, -0.1) is 11.8 Å². The lowest BCUT2D eigenvalue weighted by Gasteiger charge is -2.31. The number of halogens is 2. The molecule has 4 heteroatoms. The van der Waals surface area contributed by atoms with E-state index in [2.05, 4.69) is 26.1 Å². The number of hydrogen-bond donors (Lipinski definition) is 1. The molecule has 0 aliphatic heterocycles. The average molecular weight is 299 g/mol. The zero-order valence-corrected chi connectivity index (χ0v) is 13.2. The highest BCUT2D eigenvalue weighted by Crippen LogP contribution is 2.45. The summed E-state index contributed by atoms with van der Waals surface area (Å²) in [6, 6.07) is 4.04. The van der Waals surface area contributed by atoms with Crippen molar-refractivity contribution in [2.45, 2.75) is 56.2 Å². The van der Waals surface area contributed by atoms with E-state index in [1.807, 2.05) is 0 Å². The molecule has 1 nitrogen and oxygen atoms in total. The van der Waals surface area contributed by atoms with Gasteiger partial charge in [-0.1, -0.05) is 20.8 Å². The summed E-state index contributed by atoms with van der Waals surface area (Å²) in [6.45, 7) is 7.62. The Kier molecular flexibility index (Phi) is 5.08. The van der Waals surface area contributed by atoms with Crippen LogP contribution in [-0.2, 0) is 0 Å². The molecule has 2 atom stereocenters. The van der Waals surface area contributed by atoms with Crippen LogP contribution in [0.2, 0.25) is 0 Å². The van der Waals surface area contributed by atoms with Crippen molar-refractivity contribution < 1.29 is 8.78 Å². The zero-order valence-electron chi connectivity index (χ0n) is 12.4. The molecule has 1 aromatic carbocycles. The second-order valence-corrected chi connectivity index (χ2v) is 7.47. The third-order valence-corrected chi connectivity index (χ3v) is 5.45. The molecule has 0 aromatic heterocycles. The Morgan fingerprint density at radius 2 is 2.10 bits per heavy atom. The van der Waals surface area contributed by atoms with E-state index in [1.54, 1.807) is 0 Å². The molecule has 112 valence electrons. The monoisotopic (exact) mass is 299 g/mol. The molecule has 1 aromatic rings. The molecule has 0 saturated heterocycles. The number of nitrogens with one attached hydrogen (secondary N) is 1. The predicted octanol–water partition coefficient (Wildman–Crippen LogP) is 4.61. The van der Waals surface area contributed by atoms with E-state index in [0.29, 0.717) is 16.2 Å². The molecule has 0 amide bonds. The molecule has 1 aliphatic rings. The van der Waals surface area contributed by atoms with Crippen molar-refractivity contribution in [2.24, 2.45) is 5.41 Å². The highest BCUT2D eigenvalue weighted by Gasteiger charge is 2.42. The first-order valence-corrected chi connectivity index (χ1v) is 8.17. The van der Waals surface area contributed by atoms with Gasteiger partial charge in [0.25, 0.3) is 0 Å². The van der Waals surface area contributed by atoms with Crippen LogP contribution in [0.1, 0.15) is 40.0 Å². The van der Waals surface area contributed by atoms with Crippen molar-refractivity contribution in [1.82, 2.24) is 5.32 Å². The van der Waals surface area contributed by atoms with Crippen LogP contribution in [0.5, 0.6) is 0 Å². The highest BCUT2D eigenvalue weighted by molar-refractivity contribution is 8.00. The van der Waals surface area contributed by atoms with Gasteiger partial charge in [0.15, 0.2) is 0 Å². The lowest BCUT2D eigenvalue weighted by atomic mass is 9.87. The first-order valence-electron chi connectivity index (χ1n) is 7.29. The summed E-state index contributed by atoms with van der Waals surface area (Å²) in [5, 5.41) is 3.89. The largest absolute Gasteiger partial charge is 0.312 e. The average Bonchev–Trinajstić information content (AvgIpc) is 2.67. The minimum atomic E-state index is -0.371. The van der Waals surface area contributed by atoms with Gasteiger partial charge < -0.3 is 5.32 Å². The molecule has 2 unspecified atom stereocenters. The van der Waals surface area contributed by atoms with Gasteiger partial charge in [0, 0.05) is 16.2 Å². The maximum Gasteiger partial charge on any atom is 0.136 e. The van der Waals surface area contributed by atoms with Crippen LogP contribution >= 0.6 is 11.8 Å². The zero-order chi connectivity index (χ0) is 14.8. The second kappa shape index (κ2) is 6.44. The number of benzene rings is 1. The van der Waals surface area contributed by atoms with E-state index < -0.39 is 0 Å². The molecule has 0 radical (unpaired) electrons. The third-order valence-electron chi connectivity index (χ3n) is 4.07. The second-order valence-electron chi connectivity index (χ2n) is 6.19. The number of rotatable bonds is 5. The first kappa shape index (κ1) is 15.8. The quantitative estimate of drug-likeness (QED) is 0.852. The molecule has 0 bridgehead atoms. The normalized spacial score (nSPS) is 25.1. The maximum absolute atomic E-state index is 13.8. The summed E-state index contributed by atoms with van der Waals surface area (Å²) in [6.07, 6.45) is 3.23. The lowest BCUT2D eigenvalue weighted by molar-refractivity contribution is 0.287. The smallest absolute Gasteiger partial charge is 0.136 e. The molecule has 1 saturated carbocycles. The van der Waals surface area contributed by atoms with Gasteiger partial charge in [0.2, 0.25) is 0 Å². The molecule has 2 rings (SSSR count). The Labute approximate surface area is 124 Å². The Morgan fingerprint density at radius 1 is 1.35 bits per heavy atom. The van der Waals surface area contributed by atoms with Crippen molar-refractivity contribution in [3.63, 3.8) is 0 Å². The minimum absolute atomic E-state index is 0.205. The van der Waals surface area contributed by atoms with Crippen LogP contribution in [0.3, 0.4) is 0 Å². The minimum Gasteiger partial charge on any atom is -0.312 e. The van der Waals surface area contributed by atoms with Crippen LogP contribution in [0.4, 0.5) is 8.78 Å². The molecule has 1 fully saturated rings. The van der Waals surface area contributed by atoms with Crippen LogP contribution < -0.4 is 5.32 Å². The van der Waals surface area contributed by atoms with E-state index in [4.69, 9.17) is 0 Å². The van der Waals surface area contributed by atoms with Crippen molar-refractivity contribution >= 4 is 11.8 Å². The topological polar surface area (TPSA) is 12.0 Å². The summed E-state index contributed by atoms with van der Waals surface area (Å²) < 4.78 is 27.1. The van der Waals surface area contributed by atoms with Crippen molar-refractivity contribution in [2.75, 3.05) is 6.54 Å². The Balaban J connectivity index is 2.13. The van der Waals surface area contributed by atoms with Crippen LogP contribution in [0.15, 0.2) is 23.1 Å². The molecular weight excluding hydrogens is 276 g/mol. The van der Waals surface area contributed by atoms with Crippen molar-refractivity contribution in [3.05, 3.63) is 29.8 Å². The van der Waals surface area contributed by atoms with E-state index in [9.17, 15) is 8.78 Å². The van der Waals surface area contributed by atoms with Gasteiger partial charge in [-0.25, -0.2) is 8.78 Å². The van der Waals surface area contributed by atoms with E-state index in [0.717, 1.165) is 25.8 Å². The molecule has 0 spiro atoms. The fraction of sp³-hybridized carbons (Fsp3) is 0.625. The molecule has 1 N–H and O–H groups in total. The van der Waals surface area contributed by atoms with E-state index >= 15 is 0 Å². The standard InChI is InChI=1S/C16H23F2NS/c1-4-9-19-15-13(7-8-16(15,2)3)20-14-10-11(17)5-6-12(14)18/h5-6,10,13,15,19H,4,7-9H2,1-3H3. The predicted molar refractivity (Wildman–Crippen MR) is 81.1 cm³/mol. The van der Waals surface area contributed by atoms with Crippen LogP contribution in [0, 0.1) is 17.0 Å². The van der Waals surface area contributed by atoms with Crippen molar-refractivity contribution in [3.8, 4) is 0 Å². The summed E-state index contributed by atoms with van der Waals surface area (Å²) in [7, 11) is 0. The Bertz CT molecular complexity index is 462. The summed E-state index contributed by atoms with van der Waals surface area (Å²) in [5.74, 6) is -0.695. The summed E-state index contributed by atoms with van der Waals surface area (Å²) >= 11 is 1.48. The molecule has 0 heterocycles. The van der Waals surface area contributed by atoms with Gasteiger partial charge in [-0.2, -0.15) is 0 Å². The molecular formula is C16H23F2NS. The summed E-state index contributed by atoms with van der Waals surface area (Å²) in [5.41, 5.74) is 0.205. The fourth-order valence-electron chi connectivity index (χ4n) is 2.90. The highest BCUT2D eigenvalue weighted by atomic mass is 32.2. The number of thioether (sulfide) groups is 1. The van der Waals surface area contributed by atoms with Crippen molar-refractivity contribution in [1.29, 1.82) is 0 Å². The fourth-order valence-corrected chi connectivity index (χ4v) is 4.43. The van der Waals surface area contributed by atoms with E-state index in [-0.39, 0.29) is 17.0 Å². The Hall–Kier alpha value is -0.610. The van der Waals surface area contributed by atoms with Crippen LogP contribution in [-0.4, -0.2) is 17.8 Å². The Morgan fingerprint density at radius 3 is 2.80 bits per heavy atom. The first-order chi connectivity index (χ1) is 9.44. The maximum atomic E-state index is 13.8. The number of hydrogen-bond acceptors (Lipinski definition) is 2. The van der Waals surface area contributed by atoms with Crippen LogP contribution in [0.25, 0.3) is 0 Å². The van der Waals surface area contributed by atoms with Gasteiger partial charge >= 0.3 is 0 Å². The SMILES string of the molecule is CCCNC1C(Sc2cc(F)ccc2F)CCC1(C)C. The van der Waals surface area contributed by atoms with Gasteiger partial charge in [-0.05, 0) is 49.4 Å².